The van der Waals surface area contributed by atoms with E-state index in [1.54, 1.807) is 4.57 Å². The van der Waals surface area contributed by atoms with Crippen LogP contribution in [0, 0.1) is 13.8 Å². The van der Waals surface area contributed by atoms with E-state index in [1.807, 2.05) is 44.2 Å². The molecule has 1 saturated heterocycles. The number of hydrogen-bond acceptors (Lipinski definition) is 6. The van der Waals surface area contributed by atoms with E-state index >= 15 is 0 Å². The molecule has 3 aromatic rings. The van der Waals surface area contributed by atoms with Crippen LogP contribution < -0.4 is 10.9 Å². The molecule has 4 rings (SSSR count). The highest BCUT2D eigenvalue weighted by molar-refractivity contribution is 5.77. The lowest BCUT2D eigenvalue weighted by molar-refractivity contribution is 0.226. The van der Waals surface area contributed by atoms with Crippen molar-refractivity contribution in [3.05, 3.63) is 58.0 Å². The molecule has 2 aromatic heterocycles. The fraction of sp³-hybridized carbons (Fsp3) is 0.455. The smallest absolute Gasteiger partial charge is 0.261 e. The SMILES string of the molecule is CCN1CCC[C@@H](Nc2cc(Cn3c(C)nc4ccccc4c3=O)nc(C)n2)C1. The van der Waals surface area contributed by atoms with Gasteiger partial charge in [0.15, 0.2) is 0 Å². The molecular formula is C22H28N6O. The standard InChI is InChI=1S/C22H28N6O/c1-4-27-11-7-8-17(13-27)26-21-12-18(23-15(2)24-21)14-28-16(3)25-20-10-6-5-9-19(20)22(28)29/h5-6,9-10,12,17H,4,7-8,11,13-14H2,1-3H3,(H,23,24,26)/t17-/m1/s1. The lowest BCUT2D eigenvalue weighted by atomic mass is 10.1. The molecule has 0 unspecified atom stereocenters. The highest BCUT2D eigenvalue weighted by atomic mass is 16.1. The number of nitrogens with zero attached hydrogens (tertiary/aromatic N) is 5. The van der Waals surface area contributed by atoms with Crippen molar-refractivity contribution >= 4 is 16.7 Å². The fourth-order valence-corrected chi connectivity index (χ4v) is 4.08. The largest absolute Gasteiger partial charge is 0.366 e. The van der Waals surface area contributed by atoms with E-state index < -0.39 is 0 Å². The maximum absolute atomic E-state index is 13.0. The monoisotopic (exact) mass is 392 g/mol. The summed E-state index contributed by atoms with van der Waals surface area (Å²) in [5.41, 5.74) is 1.50. The second kappa shape index (κ2) is 8.29. The Morgan fingerprint density at radius 3 is 2.83 bits per heavy atom. The third-order valence-corrected chi connectivity index (χ3v) is 5.57. The summed E-state index contributed by atoms with van der Waals surface area (Å²) in [5.74, 6) is 2.22. The molecule has 0 spiro atoms. The van der Waals surface area contributed by atoms with Gasteiger partial charge in [-0.05, 0) is 51.9 Å². The van der Waals surface area contributed by atoms with Gasteiger partial charge in [-0.25, -0.2) is 15.0 Å². The molecule has 1 aliphatic rings. The second-order valence-corrected chi connectivity index (χ2v) is 7.74. The van der Waals surface area contributed by atoms with Crippen LogP contribution in [0.5, 0.6) is 0 Å². The molecule has 7 nitrogen and oxygen atoms in total. The minimum atomic E-state index is -0.0373. The van der Waals surface area contributed by atoms with Gasteiger partial charge in [-0.2, -0.15) is 0 Å². The van der Waals surface area contributed by atoms with Crippen molar-refractivity contribution < 1.29 is 0 Å². The van der Waals surface area contributed by atoms with Gasteiger partial charge in [0.25, 0.3) is 5.56 Å². The number of aromatic nitrogens is 4. The molecule has 0 radical (unpaired) electrons. The summed E-state index contributed by atoms with van der Waals surface area (Å²) in [7, 11) is 0. The Hall–Kier alpha value is -2.80. The molecule has 1 aliphatic heterocycles. The number of aryl methyl sites for hydroxylation is 2. The number of piperidine rings is 1. The van der Waals surface area contributed by atoms with Gasteiger partial charge in [0.1, 0.15) is 17.5 Å². The predicted octanol–water partition coefficient (Wildman–Crippen LogP) is 2.75. The average molecular weight is 393 g/mol. The topological polar surface area (TPSA) is 75.9 Å². The van der Waals surface area contributed by atoms with Gasteiger partial charge in [0.05, 0.1) is 23.1 Å². The second-order valence-electron chi connectivity index (χ2n) is 7.74. The fourth-order valence-electron chi connectivity index (χ4n) is 4.08. The van der Waals surface area contributed by atoms with E-state index in [1.165, 1.54) is 13.0 Å². The molecule has 1 aromatic carbocycles. The summed E-state index contributed by atoms with van der Waals surface area (Å²) < 4.78 is 1.69. The van der Waals surface area contributed by atoms with Gasteiger partial charge in [-0.15, -0.1) is 0 Å². The molecule has 0 saturated carbocycles. The number of para-hydroxylation sites is 1. The molecule has 0 bridgehead atoms. The van der Waals surface area contributed by atoms with Gasteiger partial charge in [0, 0.05) is 18.7 Å². The minimum absolute atomic E-state index is 0.0373. The van der Waals surface area contributed by atoms with E-state index in [9.17, 15) is 4.79 Å². The van der Waals surface area contributed by atoms with Crippen LogP contribution in [0.2, 0.25) is 0 Å². The van der Waals surface area contributed by atoms with E-state index in [0.29, 0.717) is 29.6 Å². The Morgan fingerprint density at radius 2 is 2.00 bits per heavy atom. The molecule has 152 valence electrons. The maximum atomic E-state index is 13.0. The summed E-state index contributed by atoms with van der Waals surface area (Å²) in [6.45, 7) is 9.61. The summed E-state index contributed by atoms with van der Waals surface area (Å²) in [6, 6.07) is 9.80. The molecule has 0 aliphatic carbocycles. The summed E-state index contributed by atoms with van der Waals surface area (Å²) in [5, 5.41) is 4.20. The third kappa shape index (κ3) is 4.29. The Balaban J connectivity index is 1.60. The Kier molecular flexibility index (Phi) is 5.58. The highest BCUT2D eigenvalue weighted by Crippen LogP contribution is 2.16. The highest BCUT2D eigenvalue weighted by Gasteiger charge is 2.19. The minimum Gasteiger partial charge on any atom is -0.366 e. The van der Waals surface area contributed by atoms with Crippen molar-refractivity contribution in [2.24, 2.45) is 0 Å². The van der Waals surface area contributed by atoms with E-state index in [0.717, 1.165) is 36.5 Å². The molecule has 1 N–H and O–H groups in total. The van der Waals surface area contributed by atoms with Crippen LogP contribution in [-0.4, -0.2) is 50.1 Å². The lowest BCUT2D eigenvalue weighted by Crippen LogP contribution is -2.42. The van der Waals surface area contributed by atoms with Crippen molar-refractivity contribution in [2.75, 3.05) is 25.0 Å². The van der Waals surface area contributed by atoms with Crippen LogP contribution in [0.3, 0.4) is 0 Å². The maximum Gasteiger partial charge on any atom is 0.261 e. The average Bonchev–Trinajstić information content (AvgIpc) is 2.71. The van der Waals surface area contributed by atoms with E-state index in [2.05, 4.69) is 32.1 Å². The molecule has 3 heterocycles. The molecule has 1 fully saturated rings. The van der Waals surface area contributed by atoms with Crippen molar-refractivity contribution in [1.82, 2.24) is 24.4 Å². The van der Waals surface area contributed by atoms with Crippen molar-refractivity contribution in [2.45, 2.75) is 46.2 Å². The number of nitrogens with one attached hydrogen (secondary N) is 1. The molecule has 1 atom stereocenters. The Labute approximate surface area is 170 Å². The Morgan fingerprint density at radius 1 is 1.17 bits per heavy atom. The van der Waals surface area contributed by atoms with Gasteiger partial charge in [-0.1, -0.05) is 19.1 Å². The number of hydrogen-bond donors (Lipinski definition) is 1. The number of fused-ring (bicyclic) bond motifs is 1. The first-order valence-electron chi connectivity index (χ1n) is 10.3. The Bertz CT molecular complexity index is 1080. The zero-order valence-corrected chi connectivity index (χ0v) is 17.4. The van der Waals surface area contributed by atoms with Crippen LogP contribution in [0.1, 0.15) is 37.1 Å². The van der Waals surface area contributed by atoms with E-state index in [4.69, 9.17) is 0 Å². The summed E-state index contributed by atoms with van der Waals surface area (Å²) in [6.07, 6.45) is 2.34. The van der Waals surface area contributed by atoms with Gasteiger partial charge in [-0.3, -0.25) is 9.36 Å². The summed E-state index contributed by atoms with van der Waals surface area (Å²) in [4.78, 5) is 29.2. The first-order valence-corrected chi connectivity index (χ1v) is 10.3. The zero-order chi connectivity index (χ0) is 20.4. The summed E-state index contributed by atoms with van der Waals surface area (Å²) >= 11 is 0. The van der Waals surface area contributed by atoms with Crippen LogP contribution in [0.15, 0.2) is 35.1 Å². The van der Waals surface area contributed by atoms with Gasteiger partial charge in [0.2, 0.25) is 0 Å². The number of rotatable bonds is 5. The van der Waals surface area contributed by atoms with Crippen molar-refractivity contribution in [3.63, 3.8) is 0 Å². The predicted molar refractivity (Wildman–Crippen MR) is 115 cm³/mol. The number of likely N-dealkylation sites (N-methyl/N-ethyl adjacent to an activating group) is 1. The van der Waals surface area contributed by atoms with Crippen LogP contribution in [0.25, 0.3) is 10.9 Å². The van der Waals surface area contributed by atoms with E-state index in [-0.39, 0.29) is 5.56 Å². The normalized spacial score (nSPS) is 17.6. The number of likely N-dealkylation sites (tertiary alicyclic amines) is 1. The molecule has 29 heavy (non-hydrogen) atoms. The quantitative estimate of drug-likeness (QED) is 0.720. The lowest BCUT2D eigenvalue weighted by Gasteiger charge is -2.32. The van der Waals surface area contributed by atoms with Crippen LogP contribution in [-0.2, 0) is 6.54 Å². The number of benzene rings is 1. The van der Waals surface area contributed by atoms with Gasteiger partial charge >= 0.3 is 0 Å². The molecule has 0 amide bonds. The van der Waals surface area contributed by atoms with Crippen LogP contribution >= 0.6 is 0 Å². The first-order chi connectivity index (χ1) is 14.0. The third-order valence-electron chi connectivity index (χ3n) is 5.57. The molecular weight excluding hydrogens is 364 g/mol. The van der Waals surface area contributed by atoms with Gasteiger partial charge < -0.3 is 10.2 Å². The van der Waals surface area contributed by atoms with Crippen molar-refractivity contribution in [1.29, 1.82) is 0 Å². The van der Waals surface area contributed by atoms with Crippen LogP contribution in [0.4, 0.5) is 5.82 Å². The first kappa shape index (κ1) is 19.5. The zero-order valence-electron chi connectivity index (χ0n) is 17.4. The number of anilines is 1. The van der Waals surface area contributed by atoms with Crippen molar-refractivity contribution in [3.8, 4) is 0 Å². The molecule has 7 heteroatoms.